The SMILES string of the molecule is CC1(C)CC(=O)C(C2NC(=O)c3cccc4cccc2c34)C(=O)C1. The third-order valence-corrected chi connectivity index (χ3v) is 5.14. The summed E-state index contributed by atoms with van der Waals surface area (Å²) >= 11 is 0. The molecule has 1 fully saturated rings. The number of amides is 1. The van der Waals surface area contributed by atoms with Crippen molar-refractivity contribution in [2.24, 2.45) is 11.3 Å². The van der Waals surface area contributed by atoms with Crippen LogP contribution >= 0.6 is 0 Å². The fourth-order valence-corrected chi connectivity index (χ4v) is 4.16. The van der Waals surface area contributed by atoms with Gasteiger partial charge in [0, 0.05) is 18.4 Å². The number of nitrogens with one attached hydrogen (secondary N) is 1. The van der Waals surface area contributed by atoms with E-state index in [-0.39, 0.29) is 22.9 Å². The summed E-state index contributed by atoms with van der Waals surface area (Å²) in [5.74, 6) is -1.13. The van der Waals surface area contributed by atoms with Gasteiger partial charge >= 0.3 is 0 Å². The normalized spacial score (nSPS) is 23.4. The maximum Gasteiger partial charge on any atom is 0.252 e. The average molecular weight is 321 g/mol. The van der Waals surface area contributed by atoms with E-state index in [1.54, 1.807) is 6.07 Å². The second kappa shape index (κ2) is 5.00. The van der Waals surface area contributed by atoms with Gasteiger partial charge in [0.2, 0.25) is 0 Å². The second-order valence-corrected chi connectivity index (χ2v) is 7.63. The van der Waals surface area contributed by atoms with Gasteiger partial charge in [-0.15, -0.1) is 0 Å². The second-order valence-electron chi connectivity index (χ2n) is 7.63. The van der Waals surface area contributed by atoms with Gasteiger partial charge in [0.15, 0.2) is 0 Å². The molecule has 1 N–H and O–H groups in total. The van der Waals surface area contributed by atoms with Crippen LogP contribution in [-0.4, -0.2) is 17.5 Å². The molecule has 0 saturated heterocycles. The Morgan fingerprint density at radius 1 is 0.958 bits per heavy atom. The lowest BCUT2D eigenvalue weighted by atomic mass is 9.68. The van der Waals surface area contributed by atoms with Crippen LogP contribution in [0.4, 0.5) is 0 Å². The summed E-state index contributed by atoms with van der Waals surface area (Å²) in [5, 5.41) is 4.73. The van der Waals surface area contributed by atoms with Gasteiger partial charge < -0.3 is 5.32 Å². The molecule has 1 unspecified atom stereocenters. The van der Waals surface area contributed by atoms with Crippen LogP contribution in [0.5, 0.6) is 0 Å². The predicted octanol–water partition coefficient (Wildman–Crippen LogP) is 3.20. The third kappa shape index (κ3) is 2.17. The van der Waals surface area contributed by atoms with Crippen LogP contribution in [-0.2, 0) is 9.59 Å². The third-order valence-electron chi connectivity index (χ3n) is 5.14. The van der Waals surface area contributed by atoms with E-state index in [2.05, 4.69) is 5.32 Å². The number of Topliss-reactive ketones (excluding diaryl/α,β-unsaturated/α-hetero) is 2. The molecule has 0 aromatic heterocycles. The monoisotopic (exact) mass is 321 g/mol. The smallest absolute Gasteiger partial charge is 0.252 e. The molecule has 1 aliphatic heterocycles. The van der Waals surface area contributed by atoms with Crippen molar-refractivity contribution in [1.29, 1.82) is 0 Å². The fraction of sp³-hybridized carbons (Fsp3) is 0.350. The number of hydrogen-bond acceptors (Lipinski definition) is 3. The molecule has 4 nitrogen and oxygen atoms in total. The minimum absolute atomic E-state index is 0.0714. The lowest BCUT2D eigenvalue weighted by Crippen LogP contribution is -2.47. The summed E-state index contributed by atoms with van der Waals surface area (Å²) in [4.78, 5) is 37.9. The number of carbonyl (C=O) groups is 3. The molecule has 0 spiro atoms. The van der Waals surface area contributed by atoms with E-state index in [1.165, 1.54) is 0 Å². The van der Waals surface area contributed by atoms with E-state index in [0.717, 1.165) is 16.3 Å². The standard InChI is InChI=1S/C20H19NO3/c1-20(2)9-14(22)17(15(23)10-20)18-12-7-3-5-11-6-4-8-13(16(11)12)19(24)21-18/h3-8,17-18H,9-10H2,1-2H3,(H,21,24). The van der Waals surface area contributed by atoms with Crippen LogP contribution in [0.1, 0.15) is 48.7 Å². The van der Waals surface area contributed by atoms with Crippen molar-refractivity contribution < 1.29 is 14.4 Å². The lowest BCUT2D eigenvalue weighted by Gasteiger charge is -2.37. The van der Waals surface area contributed by atoms with Crippen LogP contribution in [0.2, 0.25) is 0 Å². The minimum atomic E-state index is -0.777. The molecule has 4 rings (SSSR count). The van der Waals surface area contributed by atoms with Crippen LogP contribution in [0.3, 0.4) is 0 Å². The van der Waals surface area contributed by atoms with E-state index in [4.69, 9.17) is 0 Å². The number of ketones is 2. The van der Waals surface area contributed by atoms with E-state index >= 15 is 0 Å². The highest BCUT2D eigenvalue weighted by atomic mass is 16.2. The Kier molecular flexibility index (Phi) is 3.14. The topological polar surface area (TPSA) is 63.2 Å². The summed E-state index contributed by atoms with van der Waals surface area (Å²) in [6.07, 6.45) is 0.737. The van der Waals surface area contributed by atoms with Gasteiger partial charge in [-0.1, -0.05) is 44.2 Å². The highest BCUT2D eigenvalue weighted by molar-refractivity contribution is 6.13. The van der Waals surface area contributed by atoms with Gasteiger partial charge in [-0.2, -0.15) is 0 Å². The van der Waals surface area contributed by atoms with Crippen molar-refractivity contribution in [2.75, 3.05) is 0 Å². The molecule has 2 aromatic rings. The molecule has 1 heterocycles. The largest absolute Gasteiger partial charge is 0.344 e. The van der Waals surface area contributed by atoms with Crippen molar-refractivity contribution in [3.63, 3.8) is 0 Å². The van der Waals surface area contributed by atoms with Gasteiger partial charge in [-0.25, -0.2) is 0 Å². The molecule has 4 heteroatoms. The molecule has 2 aliphatic rings. The maximum absolute atomic E-state index is 12.7. The van der Waals surface area contributed by atoms with Gasteiger partial charge in [-0.3, -0.25) is 14.4 Å². The van der Waals surface area contributed by atoms with Crippen molar-refractivity contribution in [1.82, 2.24) is 5.32 Å². The number of rotatable bonds is 1. The molecule has 1 amide bonds. The van der Waals surface area contributed by atoms with E-state index in [9.17, 15) is 14.4 Å². The maximum atomic E-state index is 12.7. The van der Waals surface area contributed by atoms with Crippen LogP contribution in [0.25, 0.3) is 10.8 Å². The molecular weight excluding hydrogens is 302 g/mol. The number of benzene rings is 2. The van der Waals surface area contributed by atoms with Gasteiger partial charge in [0.05, 0.1) is 6.04 Å². The summed E-state index contributed by atoms with van der Waals surface area (Å²) in [5.41, 5.74) is 1.18. The summed E-state index contributed by atoms with van der Waals surface area (Å²) < 4.78 is 0. The Morgan fingerprint density at radius 3 is 2.25 bits per heavy atom. The van der Waals surface area contributed by atoms with E-state index in [1.807, 2.05) is 44.2 Å². The van der Waals surface area contributed by atoms with E-state index < -0.39 is 12.0 Å². The van der Waals surface area contributed by atoms with Crippen LogP contribution in [0.15, 0.2) is 36.4 Å². The van der Waals surface area contributed by atoms with Gasteiger partial charge in [-0.05, 0) is 27.8 Å². The molecule has 122 valence electrons. The van der Waals surface area contributed by atoms with Crippen LogP contribution < -0.4 is 5.32 Å². The molecule has 2 aromatic carbocycles. The highest BCUT2D eigenvalue weighted by Crippen LogP contribution is 2.42. The lowest BCUT2D eigenvalue weighted by molar-refractivity contribution is -0.140. The van der Waals surface area contributed by atoms with Gasteiger partial charge in [0.1, 0.15) is 17.5 Å². The first-order valence-corrected chi connectivity index (χ1v) is 8.25. The highest BCUT2D eigenvalue weighted by Gasteiger charge is 2.46. The Bertz CT molecular complexity index is 872. The number of carbonyl (C=O) groups excluding carboxylic acids is 3. The van der Waals surface area contributed by atoms with Crippen molar-refractivity contribution in [2.45, 2.75) is 32.7 Å². The summed E-state index contributed by atoms with van der Waals surface area (Å²) in [7, 11) is 0. The summed E-state index contributed by atoms with van der Waals surface area (Å²) in [6, 6.07) is 10.8. The zero-order valence-corrected chi connectivity index (χ0v) is 13.8. The van der Waals surface area contributed by atoms with E-state index in [0.29, 0.717) is 18.4 Å². The zero-order chi connectivity index (χ0) is 17.1. The number of hydrogen-bond donors (Lipinski definition) is 1. The quantitative estimate of drug-likeness (QED) is 0.820. The zero-order valence-electron chi connectivity index (χ0n) is 13.8. The Labute approximate surface area is 140 Å². The van der Waals surface area contributed by atoms with Crippen LogP contribution in [0, 0.1) is 11.3 Å². The van der Waals surface area contributed by atoms with Crippen molar-refractivity contribution in [3.8, 4) is 0 Å². The Balaban J connectivity index is 1.87. The average Bonchev–Trinajstić information content (AvgIpc) is 2.50. The first-order valence-electron chi connectivity index (χ1n) is 8.25. The molecule has 1 aliphatic carbocycles. The molecule has 1 saturated carbocycles. The van der Waals surface area contributed by atoms with Crippen molar-refractivity contribution >= 4 is 28.2 Å². The molecule has 0 radical (unpaired) electrons. The Hall–Kier alpha value is -2.49. The van der Waals surface area contributed by atoms with Crippen molar-refractivity contribution in [3.05, 3.63) is 47.5 Å². The molecule has 0 bridgehead atoms. The first kappa shape index (κ1) is 15.1. The summed E-state index contributed by atoms with van der Waals surface area (Å²) in [6.45, 7) is 3.88. The predicted molar refractivity (Wildman–Crippen MR) is 90.7 cm³/mol. The fourth-order valence-electron chi connectivity index (χ4n) is 4.16. The molecule has 24 heavy (non-hydrogen) atoms. The minimum Gasteiger partial charge on any atom is -0.344 e. The van der Waals surface area contributed by atoms with Gasteiger partial charge in [0.25, 0.3) is 5.91 Å². The molecular formula is C20H19NO3. The Morgan fingerprint density at radius 2 is 1.58 bits per heavy atom. The molecule has 1 atom stereocenters. The first-order chi connectivity index (χ1) is 11.4.